The van der Waals surface area contributed by atoms with Crippen LogP contribution in [-0.2, 0) is 19.1 Å². The zero-order valence-corrected chi connectivity index (χ0v) is 6.44. The normalized spacial score (nSPS) is 9.75. The molecule has 0 aliphatic rings. The number of esters is 1. The molecule has 1 N–H and O–H groups in total. The molecule has 0 unspecified atom stereocenters. The highest BCUT2D eigenvalue weighted by atomic mass is 16.5. The predicted octanol–water partition coefficient (Wildman–Crippen LogP) is -0.241. The first-order valence-corrected chi connectivity index (χ1v) is 3.07. The Hall–Kier alpha value is -1.65. The first kappa shape index (κ1) is 10.3. The smallest absolute Gasteiger partial charge is 0.328 e. The molecule has 0 radical (unpaired) electrons. The van der Waals surface area contributed by atoms with E-state index in [4.69, 9.17) is 5.11 Å². The van der Waals surface area contributed by atoms with Crippen LogP contribution in [0.2, 0.25) is 0 Å². The maximum atomic E-state index is 10.7. The molecule has 0 rings (SSSR count). The summed E-state index contributed by atoms with van der Waals surface area (Å²) in [5.41, 5.74) is 0. The van der Waals surface area contributed by atoms with Crippen LogP contribution in [0, 0.1) is 0 Å². The Morgan fingerprint density at radius 3 is 2.33 bits per heavy atom. The zero-order chi connectivity index (χ0) is 9.56. The molecule has 0 amide bonds. The highest BCUT2D eigenvalue weighted by Gasteiger charge is 2.05. The predicted molar refractivity (Wildman–Crippen MR) is 38.4 cm³/mol. The van der Waals surface area contributed by atoms with Crippen LogP contribution in [-0.4, -0.2) is 29.9 Å². The van der Waals surface area contributed by atoms with Crippen LogP contribution in [0.15, 0.2) is 12.2 Å². The number of methoxy groups -OCH3 is 1. The van der Waals surface area contributed by atoms with Gasteiger partial charge in [-0.2, -0.15) is 0 Å². The number of ether oxygens (including phenoxy) is 1. The third kappa shape index (κ3) is 5.16. The Balaban J connectivity index is 3.90. The maximum absolute atomic E-state index is 10.7. The first-order valence-electron chi connectivity index (χ1n) is 3.07. The second kappa shape index (κ2) is 5.06. The fraction of sp³-hybridized carbons (Fsp3) is 0.286. The van der Waals surface area contributed by atoms with Crippen molar-refractivity contribution in [2.75, 3.05) is 7.11 Å². The Morgan fingerprint density at radius 2 is 1.92 bits per heavy atom. The summed E-state index contributed by atoms with van der Waals surface area (Å²) in [4.78, 5) is 31.0. The number of allylic oxidation sites excluding steroid dienone is 1. The molecule has 66 valence electrons. The van der Waals surface area contributed by atoms with Crippen LogP contribution in [0.1, 0.15) is 6.42 Å². The average Bonchev–Trinajstić information content (AvgIpc) is 2.00. The number of carbonyl (C=O) groups is 3. The highest BCUT2D eigenvalue weighted by molar-refractivity contribution is 6.04. The van der Waals surface area contributed by atoms with E-state index in [-0.39, 0.29) is 0 Å². The van der Waals surface area contributed by atoms with E-state index in [1.807, 2.05) is 0 Å². The summed E-state index contributed by atoms with van der Waals surface area (Å²) in [5, 5.41) is 8.10. The molecule has 0 aliphatic carbocycles. The van der Waals surface area contributed by atoms with Gasteiger partial charge in [0.2, 0.25) is 0 Å². The van der Waals surface area contributed by atoms with Crippen LogP contribution >= 0.6 is 0 Å². The Labute approximate surface area is 68.6 Å². The van der Waals surface area contributed by atoms with Gasteiger partial charge in [-0.1, -0.05) is 0 Å². The monoisotopic (exact) mass is 172 g/mol. The van der Waals surface area contributed by atoms with Gasteiger partial charge in [0.1, 0.15) is 6.42 Å². The van der Waals surface area contributed by atoms with E-state index in [0.717, 1.165) is 13.2 Å². The van der Waals surface area contributed by atoms with E-state index in [9.17, 15) is 14.4 Å². The molecule has 0 saturated heterocycles. The van der Waals surface area contributed by atoms with Gasteiger partial charge in [0.05, 0.1) is 7.11 Å². The SMILES string of the molecule is COC(=O)CC(=O)C=CC(=O)O. The summed E-state index contributed by atoms with van der Waals surface area (Å²) in [7, 11) is 1.15. The molecule has 0 saturated carbocycles. The van der Waals surface area contributed by atoms with Crippen molar-refractivity contribution in [3.8, 4) is 0 Å². The second-order valence-electron chi connectivity index (χ2n) is 1.89. The summed E-state index contributed by atoms with van der Waals surface area (Å²) in [6, 6.07) is 0. The van der Waals surface area contributed by atoms with Crippen LogP contribution in [0.25, 0.3) is 0 Å². The summed E-state index contributed by atoms with van der Waals surface area (Å²) < 4.78 is 4.19. The van der Waals surface area contributed by atoms with E-state index < -0.39 is 24.1 Å². The third-order valence-corrected chi connectivity index (χ3v) is 0.958. The van der Waals surface area contributed by atoms with Crippen LogP contribution in [0.4, 0.5) is 0 Å². The minimum absolute atomic E-state index is 0.430. The number of aliphatic carboxylic acids is 1. The molecule has 0 heterocycles. The lowest BCUT2D eigenvalue weighted by atomic mass is 10.2. The van der Waals surface area contributed by atoms with Gasteiger partial charge >= 0.3 is 11.9 Å². The van der Waals surface area contributed by atoms with Gasteiger partial charge in [0.25, 0.3) is 0 Å². The van der Waals surface area contributed by atoms with E-state index in [1.54, 1.807) is 0 Å². The highest BCUT2D eigenvalue weighted by Crippen LogP contribution is 1.88. The lowest BCUT2D eigenvalue weighted by Crippen LogP contribution is -2.07. The summed E-state index contributed by atoms with van der Waals surface area (Å²) in [6.45, 7) is 0. The Bertz CT molecular complexity index is 228. The molecule has 0 aromatic heterocycles. The number of hydrogen-bond donors (Lipinski definition) is 1. The summed E-state index contributed by atoms with van der Waals surface area (Å²) >= 11 is 0. The molecular formula is C7H8O5. The van der Waals surface area contributed by atoms with Crippen molar-refractivity contribution >= 4 is 17.7 Å². The van der Waals surface area contributed by atoms with E-state index in [2.05, 4.69) is 4.74 Å². The van der Waals surface area contributed by atoms with Gasteiger partial charge in [0.15, 0.2) is 5.78 Å². The Morgan fingerprint density at radius 1 is 1.33 bits per heavy atom. The van der Waals surface area contributed by atoms with Crippen molar-refractivity contribution in [1.82, 2.24) is 0 Å². The number of hydrogen-bond acceptors (Lipinski definition) is 4. The molecule has 0 aliphatic heterocycles. The summed E-state index contributed by atoms with van der Waals surface area (Å²) in [6.07, 6.45) is 1.06. The van der Waals surface area contributed by atoms with Crippen molar-refractivity contribution in [1.29, 1.82) is 0 Å². The minimum atomic E-state index is -1.23. The zero-order valence-electron chi connectivity index (χ0n) is 6.44. The molecule has 5 heteroatoms. The van der Waals surface area contributed by atoms with Crippen molar-refractivity contribution in [2.24, 2.45) is 0 Å². The van der Waals surface area contributed by atoms with E-state index in [1.165, 1.54) is 0 Å². The molecule has 0 spiro atoms. The first-order chi connectivity index (χ1) is 5.56. The number of carbonyl (C=O) groups excluding carboxylic acids is 2. The molecule has 0 bridgehead atoms. The summed E-state index contributed by atoms with van der Waals surface area (Å²) in [5.74, 6) is -2.51. The number of ketones is 1. The van der Waals surface area contributed by atoms with Gasteiger partial charge in [-0.3, -0.25) is 9.59 Å². The van der Waals surface area contributed by atoms with Crippen molar-refractivity contribution in [2.45, 2.75) is 6.42 Å². The third-order valence-electron chi connectivity index (χ3n) is 0.958. The van der Waals surface area contributed by atoms with Crippen LogP contribution in [0.5, 0.6) is 0 Å². The average molecular weight is 172 g/mol. The minimum Gasteiger partial charge on any atom is -0.478 e. The standard InChI is InChI=1S/C7H8O5/c1-12-7(11)4-5(8)2-3-6(9)10/h2-3H,4H2,1H3,(H,9,10). The fourth-order valence-electron chi connectivity index (χ4n) is 0.438. The van der Waals surface area contributed by atoms with Gasteiger partial charge in [-0.05, 0) is 6.08 Å². The molecule has 0 aromatic rings. The molecule has 0 fully saturated rings. The second-order valence-corrected chi connectivity index (χ2v) is 1.89. The number of carboxylic acid groups (broad SMARTS) is 1. The van der Waals surface area contributed by atoms with Crippen LogP contribution < -0.4 is 0 Å². The van der Waals surface area contributed by atoms with Crippen molar-refractivity contribution in [3.05, 3.63) is 12.2 Å². The lowest BCUT2D eigenvalue weighted by molar-refractivity contribution is -0.142. The Kier molecular flexibility index (Phi) is 4.36. The number of carboxylic acids is 1. The lowest BCUT2D eigenvalue weighted by Gasteiger charge is -1.92. The van der Waals surface area contributed by atoms with Gasteiger partial charge in [0, 0.05) is 6.08 Å². The molecule has 0 atom stereocenters. The van der Waals surface area contributed by atoms with E-state index >= 15 is 0 Å². The quantitative estimate of drug-likeness (QED) is 0.359. The van der Waals surface area contributed by atoms with E-state index in [0.29, 0.717) is 6.08 Å². The topological polar surface area (TPSA) is 80.7 Å². The maximum Gasteiger partial charge on any atom is 0.328 e. The van der Waals surface area contributed by atoms with Crippen molar-refractivity contribution in [3.63, 3.8) is 0 Å². The van der Waals surface area contributed by atoms with Gasteiger partial charge in [-0.15, -0.1) is 0 Å². The van der Waals surface area contributed by atoms with Gasteiger partial charge in [-0.25, -0.2) is 4.79 Å². The number of rotatable bonds is 4. The van der Waals surface area contributed by atoms with Gasteiger partial charge < -0.3 is 9.84 Å². The molecule has 5 nitrogen and oxygen atoms in total. The largest absolute Gasteiger partial charge is 0.478 e. The van der Waals surface area contributed by atoms with Crippen LogP contribution in [0.3, 0.4) is 0 Å². The molecule has 12 heavy (non-hydrogen) atoms. The molecule has 0 aromatic carbocycles. The van der Waals surface area contributed by atoms with Crippen molar-refractivity contribution < 1.29 is 24.2 Å². The molecular weight excluding hydrogens is 164 g/mol. The fourth-order valence-corrected chi connectivity index (χ4v) is 0.438.